The predicted octanol–water partition coefficient (Wildman–Crippen LogP) is 3.12. The maximum absolute atomic E-state index is 13.1. The van der Waals surface area contributed by atoms with E-state index in [0.29, 0.717) is 34.3 Å². The number of nitrogens with zero attached hydrogens (tertiary/aromatic N) is 2. The fourth-order valence-electron chi connectivity index (χ4n) is 2.89. The fourth-order valence-corrected chi connectivity index (χ4v) is 3.76. The second-order valence-corrected chi connectivity index (χ2v) is 8.16. The van der Waals surface area contributed by atoms with Crippen molar-refractivity contribution in [3.8, 4) is 5.75 Å². The van der Waals surface area contributed by atoms with E-state index in [0.717, 1.165) is 11.3 Å². The van der Waals surface area contributed by atoms with Crippen molar-refractivity contribution in [1.29, 1.82) is 0 Å². The average molecular weight is 413 g/mol. The third kappa shape index (κ3) is 5.05. The molecule has 3 rings (SSSR count). The standard InChI is InChI=1S/C22H24N2O4S/c1-15(2)14-28-18-5-3-17(4-6-18)19-20(29-12-11-25)22(27)24(21(19)26)13-16-7-9-23-10-8-16/h3-10,15,25H,11-14H2,1-2H3. The summed E-state index contributed by atoms with van der Waals surface area (Å²) in [6, 6.07) is 10.8. The van der Waals surface area contributed by atoms with Crippen LogP contribution < -0.4 is 4.74 Å². The first-order chi connectivity index (χ1) is 14.0. The molecule has 0 radical (unpaired) electrons. The molecule has 29 heavy (non-hydrogen) atoms. The molecule has 7 heteroatoms. The number of benzene rings is 1. The molecule has 1 aromatic carbocycles. The van der Waals surface area contributed by atoms with E-state index in [4.69, 9.17) is 4.74 Å². The Hall–Kier alpha value is -2.64. The summed E-state index contributed by atoms with van der Waals surface area (Å²) in [5.74, 6) is 0.812. The monoisotopic (exact) mass is 412 g/mol. The molecule has 0 bridgehead atoms. The van der Waals surface area contributed by atoms with Crippen molar-refractivity contribution in [2.24, 2.45) is 5.92 Å². The van der Waals surface area contributed by atoms with Gasteiger partial charge in [0.25, 0.3) is 11.8 Å². The Morgan fingerprint density at radius 3 is 2.38 bits per heavy atom. The molecule has 0 saturated carbocycles. The van der Waals surface area contributed by atoms with Crippen LogP contribution >= 0.6 is 11.8 Å². The second kappa shape index (κ2) is 9.71. The second-order valence-electron chi connectivity index (χ2n) is 7.06. The normalized spacial score (nSPS) is 14.3. The summed E-state index contributed by atoms with van der Waals surface area (Å²) in [5.41, 5.74) is 1.86. The lowest BCUT2D eigenvalue weighted by atomic mass is 10.1. The Balaban J connectivity index is 1.87. The van der Waals surface area contributed by atoms with Crippen LogP contribution in [0.5, 0.6) is 5.75 Å². The number of rotatable bonds is 9. The zero-order valence-corrected chi connectivity index (χ0v) is 17.3. The molecule has 0 aliphatic carbocycles. The first kappa shape index (κ1) is 21.1. The van der Waals surface area contributed by atoms with Gasteiger partial charge in [-0.25, -0.2) is 0 Å². The van der Waals surface area contributed by atoms with Gasteiger partial charge >= 0.3 is 0 Å². The summed E-state index contributed by atoms with van der Waals surface area (Å²) in [7, 11) is 0. The summed E-state index contributed by atoms with van der Waals surface area (Å²) in [5, 5.41) is 9.20. The summed E-state index contributed by atoms with van der Waals surface area (Å²) >= 11 is 1.21. The third-order valence-electron chi connectivity index (χ3n) is 4.28. The molecule has 0 spiro atoms. The van der Waals surface area contributed by atoms with Gasteiger partial charge in [-0.05, 0) is 41.3 Å². The van der Waals surface area contributed by atoms with E-state index in [2.05, 4.69) is 18.8 Å². The van der Waals surface area contributed by atoms with Crippen LogP contribution in [0.3, 0.4) is 0 Å². The Bertz CT molecular complexity index is 895. The Labute approximate surface area is 174 Å². The zero-order chi connectivity index (χ0) is 20.8. The molecule has 0 unspecified atom stereocenters. The number of aliphatic hydroxyl groups excluding tert-OH is 1. The molecule has 0 atom stereocenters. The molecule has 0 fully saturated rings. The van der Waals surface area contributed by atoms with E-state index >= 15 is 0 Å². The number of ether oxygens (including phenoxy) is 1. The highest BCUT2D eigenvalue weighted by atomic mass is 32.2. The third-order valence-corrected chi connectivity index (χ3v) is 5.33. The lowest BCUT2D eigenvalue weighted by molar-refractivity contribution is -0.137. The van der Waals surface area contributed by atoms with Gasteiger partial charge in [-0.15, -0.1) is 11.8 Å². The SMILES string of the molecule is CC(C)COc1ccc(C2=C(SCCO)C(=O)N(Cc3ccncc3)C2=O)cc1. The van der Waals surface area contributed by atoms with Crippen LogP contribution in [0.2, 0.25) is 0 Å². The van der Waals surface area contributed by atoms with Gasteiger partial charge in [0.1, 0.15) is 5.75 Å². The van der Waals surface area contributed by atoms with Gasteiger partial charge < -0.3 is 9.84 Å². The molecule has 0 saturated heterocycles. The highest BCUT2D eigenvalue weighted by Crippen LogP contribution is 2.37. The van der Waals surface area contributed by atoms with Crippen molar-refractivity contribution >= 4 is 29.1 Å². The van der Waals surface area contributed by atoms with E-state index in [9.17, 15) is 14.7 Å². The topological polar surface area (TPSA) is 79.7 Å². The van der Waals surface area contributed by atoms with Crippen molar-refractivity contribution in [3.63, 3.8) is 0 Å². The molecule has 1 aliphatic heterocycles. The zero-order valence-electron chi connectivity index (χ0n) is 16.5. The maximum atomic E-state index is 13.1. The maximum Gasteiger partial charge on any atom is 0.268 e. The average Bonchev–Trinajstić information content (AvgIpc) is 2.96. The van der Waals surface area contributed by atoms with Gasteiger partial charge in [0.05, 0.1) is 30.2 Å². The molecular weight excluding hydrogens is 388 g/mol. The number of pyridine rings is 1. The number of imide groups is 1. The molecule has 1 aliphatic rings. The number of carbonyl (C=O) groups excluding carboxylic acids is 2. The van der Waals surface area contributed by atoms with Gasteiger partial charge in [0.15, 0.2) is 0 Å². The van der Waals surface area contributed by atoms with Crippen LogP contribution in [0, 0.1) is 5.92 Å². The molecule has 1 N–H and O–H groups in total. The van der Waals surface area contributed by atoms with Crippen LogP contribution in [-0.2, 0) is 16.1 Å². The number of aliphatic hydroxyl groups is 1. The van der Waals surface area contributed by atoms with Gasteiger partial charge in [-0.1, -0.05) is 26.0 Å². The Morgan fingerprint density at radius 1 is 1.07 bits per heavy atom. The minimum absolute atomic E-state index is 0.0742. The summed E-state index contributed by atoms with van der Waals surface area (Å²) in [6.45, 7) is 4.86. The van der Waals surface area contributed by atoms with Crippen molar-refractivity contribution in [1.82, 2.24) is 9.88 Å². The van der Waals surface area contributed by atoms with E-state index < -0.39 is 0 Å². The van der Waals surface area contributed by atoms with Crippen LogP contribution in [0.1, 0.15) is 25.0 Å². The Kier molecular flexibility index (Phi) is 7.06. The fraction of sp³-hybridized carbons (Fsp3) is 0.318. The molecule has 1 aromatic heterocycles. The van der Waals surface area contributed by atoms with E-state index in [1.165, 1.54) is 16.7 Å². The van der Waals surface area contributed by atoms with Crippen molar-refractivity contribution in [2.45, 2.75) is 20.4 Å². The number of thioether (sulfide) groups is 1. The van der Waals surface area contributed by atoms with Crippen molar-refractivity contribution < 1.29 is 19.4 Å². The largest absolute Gasteiger partial charge is 0.493 e. The minimum Gasteiger partial charge on any atom is -0.493 e. The number of hydrogen-bond donors (Lipinski definition) is 1. The van der Waals surface area contributed by atoms with Crippen molar-refractivity contribution in [2.75, 3.05) is 19.0 Å². The molecule has 152 valence electrons. The van der Waals surface area contributed by atoms with Crippen LogP contribution in [0.4, 0.5) is 0 Å². The predicted molar refractivity (Wildman–Crippen MR) is 113 cm³/mol. The lowest BCUT2D eigenvalue weighted by Gasteiger charge is -2.15. The molecular formula is C22H24N2O4S. The minimum atomic E-state index is -0.333. The number of amides is 2. The first-order valence-electron chi connectivity index (χ1n) is 9.47. The number of aromatic nitrogens is 1. The van der Waals surface area contributed by atoms with Gasteiger partial charge in [-0.2, -0.15) is 0 Å². The van der Waals surface area contributed by atoms with E-state index in [1.807, 2.05) is 12.1 Å². The Morgan fingerprint density at radius 2 is 1.76 bits per heavy atom. The quantitative estimate of drug-likeness (QED) is 0.638. The van der Waals surface area contributed by atoms with Gasteiger partial charge in [-0.3, -0.25) is 19.5 Å². The molecule has 2 aromatic rings. The molecule has 2 amide bonds. The summed E-state index contributed by atoms with van der Waals surface area (Å²) in [6.07, 6.45) is 3.26. The van der Waals surface area contributed by atoms with Crippen LogP contribution in [0.15, 0.2) is 53.7 Å². The van der Waals surface area contributed by atoms with E-state index in [1.54, 1.807) is 36.7 Å². The molecule has 6 nitrogen and oxygen atoms in total. The van der Waals surface area contributed by atoms with Gasteiger partial charge in [0.2, 0.25) is 0 Å². The first-order valence-corrected chi connectivity index (χ1v) is 10.5. The van der Waals surface area contributed by atoms with Crippen LogP contribution in [-0.4, -0.2) is 45.8 Å². The smallest absolute Gasteiger partial charge is 0.268 e. The van der Waals surface area contributed by atoms with E-state index in [-0.39, 0.29) is 25.0 Å². The van der Waals surface area contributed by atoms with Crippen LogP contribution in [0.25, 0.3) is 5.57 Å². The summed E-state index contributed by atoms with van der Waals surface area (Å²) < 4.78 is 5.70. The highest BCUT2D eigenvalue weighted by molar-refractivity contribution is 8.04. The summed E-state index contributed by atoms with van der Waals surface area (Å²) in [4.78, 5) is 31.7. The molecule has 2 heterocycles. The number of hydrogen-bond acceptors (Lipinski definition) is 6. The highest BCUT2D eigenvalue weighted by Gasteiger charge is 2.39. The lowest BCUT2D eigenvalue weighted by Crippen LogP contribution is -2.31. The van der Waals surface area contributed by atoms with Crippen molar-refractivity contribution in [3.05, 3.63) is 64.8 Å². The van der Waals surface area contributed by atoms with Gasteiger partial charge in [0, 0.05) is 18.1 Å². The number of carbonyl (C=O) groups is 2.